The number of rotatable bonds is 3. The fraction of sp³-hybridized carbons (Fsp3) is 0.400. The summed E-state index contributed by atoms with van der Waals surface area (Å²) in [6, 6.07) is 8.63. The van der Waals surface area contributed by atoms with Gasteiger partial charge in [-0.2, -0.15) is 0 Å². The van der Waals surface area contributed by atoms with E-state index in [0.29, 0.717) is 12.5 Å². The number of hydrogen-bond donors (Lipinski definition) is 1. The first kappa shape index (κ1) is 12.1. The van der Waals surface area contributed by atoms with Crippen molar-refractivity contribution in [3.05, 3.63) is 41.1 Å². The van der Waals surface area contributed by atoms with Crippen molar-refractivity contribution in [2.24, 2.45) is 5.73 Å². The van der Waals surface area contributed by atoms with Gasteiger partial charge >= 0.3 is 0 Å². The van der Waals surface area contributed by atoms with Crippen molar-refractivity contribution < 1.29 is 0 Å². The summed E-state index contributed by atoms with van der Waals surface area (Å²) in [7, 11) is 0. The summed E-state index contributed by atoms with van der Waals surface area (Å²) in [6.07, 6.45) is 0.855. The number of nitrogens with two attached hydrogens (primary N) is 1. The molecule has 0 saturated heterocycles. The van der Waals surface area contributed by atoms with Crippen LogP contribution in [0.1, 0.15) is 36.6 Å². The van der Waals surface area contributed by atoms with Crippen LogP contribution in [-0.2, 0) is 6.42 Å². The topological polar surface area (TPSA) is 38.9 Å². The molecule has 0 radical (unpaired) electrons. The molecule has 2 heteroatoms. The van der Waals surface area contributed by atoms with Crippen molar-refractivity contribution >= 4 is 10.9 Å². The number of hydrogen-bond acceptors (Lipinski definition) is 2. The van der Waals surface area contributed by atoms with Gasteiger partial charge in [0.2, 0.25) is 0 Å². The minimum absolute atomic E-state index is 0.500. The Morgan fingerprint density at radius 2 is 2.06 bits per heavy atom. The first-order valence-electron chi connectivity index (χ1n) is 6.22. The van der Waals surface area contributed by atoms with Crippen molar-refractivity contribution in [1.29, 1.82) is 0 Å². The third-order valence-electron chi connectivity index (χ3n) is 3.18. The van der Waals surface area contributed by atoms with Gasteiger partial charge in [-0.05, 0) is 36.6 Å². The SMILES string of the molecule is Cc1cc2cccc(C(C)C)c2nc1CCN. The molecule has 0 atom stereocenters. The van der Waals surface area contributed by atoms with Gasteiger partial charge in [-0.1, -0.05) is 32.0 Å². The van der Waals surface area contributed by atoms with E-state index in [1.165, 1.54) is 16.5 Å². The number of aromatic nitrogens is 1. The molecule has 0 aliphatic carbocycles. The maximum absolute atomic E-state index is 5.63. The summed E-state index contributed by atoms with van der Waals surface area (Å²) in [5.74, 6) is 0.500. The molecule has 17 heavy (non-hydrogen) atoms. The number of fused-ring (bicyclic) bond motifs is 1. The molecule has 0 fully saturated rings. The molecule has 0 spiro atoms. The molecule has 90 valence electrons. The highest BCUT2D eigenvalue weighted by Gasteiger charge is 2.08. The molecule has 0 saturated carbocycles. The van der Waals surface area contributed by atoms with Crippen molar-refractivity contribution in [2.45, 2.75) is 33.1 Å². The standard InChI is InChI=1S/C15H20N2/c1-10(2)13-6-4-5-12-9-11(3)14(7-8-16)17-15(12)13/h4-6,9-10H,7-8,16H2,1-3H3. The van der Waals surface area contributed by atoms with Crippen LogP contribution >= 0.6 is 0 Å². The third kappa shape index (κ3) is 2.32. The molecule has 1 aromatic carbocycles. The lowest BCUT2D eigenvalue weighted by molar-refractivity contribution is 0.866. The van der Waals surface area contributed by atoms with Gasteiger partial charge in [-0.15, -0.1) is 0 Å². The average Bonchev–Trinajstić information content (AvgIpc) is 2.29. The summed E-state index contributed by atoms with van der Waals surface area (Å²) in [5.41, 5.74) is 10.5. The molecule has 0 unspecified atom stereocenters. The molecule has 2 nitrogen and oxygen atoms in total. The summed E-state index contributed by atoms with van der Waals surface area (Å²) in [6.45, 7) is 7.18. The Labute approximate surface area is 103 Å². The van der Waals surface area contributed by atoms with Crippen molar-refractivity contribution in [1.82, 2.24) is 4.98 Å². The monoisotopic (exact) mass is 228 g/mol. The van der Waals surface area contributed by atoms with Gasteiger partial charge in [0.25, 0.3) is 0 Å². The van der Waals surface area contributed by atoms with E-state index in [9.17, 15) is 0 Å². The molecule has 0 bridgehead atoms. The van der Waals surface area contributed by atoms with Crippen LogP contribution in [0.2, 0.25) is 0 Å². The van der Waals surface area contributed by atoms with Crippen LogP contribution in [-0.4, -0.2) is 11.5 Å². The zero-order valence-electron chi connectivity index (χ0n) is 10.8. The van der Waals surface area contributed by atoms with Gasteiger partial charge < -0.3 is 5.73 Å². The van der Waals surface area contributed by atoms with Crippen molar-refractivity contribution in [3.8, 4) is 0 Å². The lowest BCUT2D eigenvalue weighted by Crippen LogP contribution is -2.07. The summed E-state index contributed by atoms with van der Waals surface area (Å²) >= 11 is 0. The average molecular weight is 228 g/mol. The van der Waals surface area contributed by atoms with E-state index < -0.39 is 0 Å². The van der Waals surface area contributed by atoms with E-state index in [2.05, 4.69) is 45.0 Å². The molecule has 2 rings (SSSR count). The molecule has 1 heterocycles. The summed E-state index contributed by atoms with van der Waals surface area (Å²) in [5, 5.41) is 1.23. The Morgan fingerprint density at radius 3 is 2.71 bits per heavy atom. The summed E-state index contributed by atoms with van der Waals surface area (Å²) in [4.78, 5) is 4.81. The lowest BCUT2D eigenvalue weighted by atomic mass is 9.98. The summed E-state index contributed by atoms with van der Waals surface area (Å²) < 4.78 is 0. The second kappa shape index (κ2) is 4.84. The normalized spacial score (nSPS) is 11.4. The lowest BCUT2D eigenvalue weighted by Gasteiger charge is -2.12. The van der Waals surface area contributed by atoms with Crippen LogP contribution < -0.4 is 5.73 Å². The van der Waals surface area contributed by atoms with Crippen LogP contribution in [0.5, 0.6) is 0 Å². The highest BCUT2D eigenvalue weighted by Crippen LogP contribution is 2.25. The van der Waals surface area contributed by atoms with E-state index in [4.69, 9.17) is 10.7 Å². The largest absolute Gasteiger partial charge is 0.330 e. The predicted molar refractivity (Wildman–Crippen MR) is 73.3 cm³/mol. The Morgan fingerprint density at radius 1 is 1.29 bits per heavy atom. The maximum Gasteiger partial charge on any atom is 0.0740 e. The fourth-order valence-electron chi connectivity index (χ4n) is 2.22. The van der Waals surface area contributed by atoms with Crippen LogP contribution in [0.3, 0.4) is 0 Å². The molecule has 1 aromatic heterocycles. The number of benzene rings is 1. The smallest absolute Gasteiger partial charge is 0.0740 e. The van der Waals surface area contributed by atoms with Crippen molar-refractivity contribution in [2.75, 3.05) is 6.54 Å². The van der Waals surface area contributed by atoms with Gasteiger partial charge in [0, 0.05) is 17.5 Å². The quantitative estimate of drug-likeness (QED) is 0.876. The highest BCUT2D eigenvalue weighted by atomic mass is 14.7. The van der Waals surface area contributed by atoms with Gasteiger partial charge in [-0.3, -0.25) is 4.98 Å². The van der Waals surface area contributed by atoms with E-state index in [-0.39, 0.29) is 0 Å². The number of para-hydroxylation sites is 1. The maximum atomic E-state index is 5.63. The first-order valence-corrected chi connectivity index (χ1v) is 6.22. The zero-order chi connectivity index (χ0) is 12.4. The Kier molecular flexibility index (Phi) is 3.43. The highest BCUT2D eigenvalue weighted by molar-refractivity contribution is 5.83. The Balaban J connectivity index is 2.67. The molecule has 0 amide bonds. The van der Waals surface area contributed by atoms with E-state index >= 15 is 0 Å². The molecule has 0 aliphatic rings. The Hall–Kier alpha value is -1.41. The second-order valence-corrected chi connectivity index (χ2v) is 4.86. The molecular weight excluding hydrogens is 208 g/mol. The van der Waals surface area contributed by atoms with Crippen LogP contribution in [0.15, 0.2) is 24.3 Å². The molecule has 2 N–H and O–H groups in total. The van der Waals surface area contributed by atoms with Gasteiger partial charge in [0.05, 0.1) is 5.52 Å². The fourth-order valence-corrected chi connectivity index (χ4v) is 2.22. The van der Waals surface area contributed by atoms with E-state index in [0.717, 1.165) is 17.6 Å². The number of nitrogens with zero attached hydrogens (tertiary/aromatic N) is 1. The second-order valence-electron chi connectivity index (χ2n) is 4.86. The minimum atomic E-state index is 0.500. The predicted octanol–water partition coefficient (Wildman–Crippen LogP) is 3.17. The first-order chi connectivity index (χ1) is 8.13. The van der Waals surface area contributed by atoms with E-state index in [1.807, 2.05) is 0 Å². The van der Waals surface area contributed by atoms with Crippen LogP contribution in [0.25, 0.3) is 10.9 Å². The van der Waals surface area contributed by atoms with Crippen LogP contribution in [0.4, 0.5) is 0 Å². The zero-order valence-corrected chi connectivity index (χ0v) is 10.8. The minimum Gasteiger partial charge on any atom is -0.330 e. The molecule has 2 aromatic rings. The van der Waals surface area contributed by atoms with E-state index in [1.54, 1.807) is 0 Å². The number of pyridine rings is 1. The molecular formula is C15H20N2. The van der Waals surface area contributed by atoms with Gasteiger partial charge in [0.1, 0.15) is 0 Å². The van der Waals surface area contributed by atoms with Gasteiger partial charge in [-0.25, -0.2) is 0 Å². The van der Waals surface area contributed by atoms with Crippen LogP contribution in [0, 0.1) is 6.92 Å². The molecule has 0 aliphatic heterocycles. The third-order valence-corrected chi connectivity index (χ3v) is 3.18. The van der Waals surface area contributed by atoms with Gasteiger partial charge in [0.15, 0.2) is 0 Å². The number of aryl methyl sites for hydroxylation is 1. The Bertz CT molecular complexity index is 530. The van der Waals surface area contributed by atoms with Crippen molar-refractivity contribution in [3.63, 3.8) is 0 Å².